The van der Waals surface area contributed by atoms with Crippen LogP contribution in [-0.2, 0) is 13.0 Å². The van der Waals surface area contributed by atoms with Crippen LogP contribution in [-0.4, -0.2) is 27.9 Å². The van der Waals surface area contributed by atoms with Gasteiger partial charge in [-0.1, -0.05) is 20.8 Å². The van der Waals surface area contributed by atoms with E-state index in [0.29, 0.717) is 5.92 Å². The Balaban J connectivity index is 2.27. The van der Waals surface area contributed by atoms with Crippen LogP contribution in [0.2, 0.25) is 0 Å². The number of hydrogen-bond donors (Lipinski definition) is 1. The van der Waals surface area contributed by atoms with E-state index in [9.17, 15) is 0 Å². The highest BCUT2D eigenvalue weighted by Crippen LogP contribution is 2.04. The minimum absolute atomic E-state index is 0.627. The van der Waals surface area contributed by atoms with Crippen molar-refractivity contribution >= 4 is 0 Å². The Hall–Kier alpha value is -0.900. The third-order valence-corrected chi connectivity index (χ3v) is 2.49. The molecule has 4 nitrogen and oxygen atoms in total. The minimum Gasteiger partial charge on any atom is -0.317 e. The van der Waals surface area contributed by atoms with E-state index in [-0.39, 0.29) is 0 Å². The van der Waals surface area contributed by atoms with Crippen molar-refractivity contribution in [1.82, 2.24) is 20.1 Å². The Morgan fingerprint density at radius 1 is 1.38 bits per heavy atom. The van der Waals surface area contributed by atoms with Crippen molar-refractivity contribution in [3.05, 3.63) is 12.2 Å². The van der Waals surface area contributed by atoms with E-state index in [1.54, 1.807) is 6.33 Å². The molecule has 0 saturated heterocycles. The summed E-state index contributed by atoms with van der Waals surface area (Å²) in [5.74, 6) is 1.76. The maximum atomic E-state index is 4.32. The fourth-order valence-corrected chi connectivity index (χ4v) is 1.69. The Labute approximate surface area is 98.5 Å². The molecule has 1 aromatic heterocycles. The van der Waals surface area contributed by atoms with E-state index in [2.05, 4.69) is 36.2 Å². The van der Waals surface area contributed by atoms with Gasteiger partial charge in [-0.15, -0.1) is 0 Å². The summed E-state index contributed by atoms with van der Waals surface area (Å²) in [6.45, 7) is 9.69. The van der Waals surface area contributed by atoms with E-state index in [1.807, 2.05) is 4.68 Å². The molecule has 0 bridgehead atoms. The van der Waals surface area contributed by atoms with Crippen LogP contribution in [0, 0.1) is 5.92 Å². The fraction of sp³-hybridized carbons (Fsp3) is 0.833. The highest BCUT2D eigenvalue weighted by atomic mass is 15.3. The zero-order chi connectivity index (χ0) is 11.8. The highest BCUT2D eigenvalue weighted by molar-refractivity contribution is 4.84. The molecule has 0 amide bonds. The normalized spacial score (nSPS) is 11.2. The van der Waals surface area contributed by atoms with Crippen molar-refractivity contribution in [3.8, 4) is 0 Å². The number of nitrogens with one attached hydrogen (secondary N) is 1. The molecule has 92 valence electrons. The zero-order valence-electron chi connectivity index (χ0n) is 10.7. The molecule has 16 heavy (non-hydrogen) atoms. The standard InChI is InChI=1S/C12H24N4/c1-4-13-8-6-5-7-12-14-10-15-16(12)9-11(2)3/h10-11,13H,4-9H2,1-3H3. The topological polar surface area (TPSA) is 42.7 Å². The lowest BCUT2D eigenvalue weighted by molar-refractivity contribution is 0.462. The minimum atomic E-state index is 0.627. The summed E-state index contributed by atoms with van der Waals surface area (Å²) in [6.07, 6.45) is 5.10. The van der Waals surface area contributed by atoms with Crippen LogP contribution in [0.25, 0.3) is 0 Å². The molecule has 0 atom stereocenters. The van der Waals surface area contributed by atoms with Gasteiger partial charge in [0.05, 0.1) is 0 Å². The Kier molecular flexibility index (Phi) is 6.08. The SMILES string of the molecule is CCNCCCCc1ncnn1CC(C)C. The molecule has 1 aromatic rings. The second-order valence-corrected chi connectivity index (χ2v) is 4.56. The molecule has 0 aliphatic heterocycles. The largest absolute Gasteiger partial charge is 0.317 e. The van der Waals surface area contributed by atoms with Gasteiger partial charge >= 0.3 is 0 Å². The van der Waals surface area contributed by atoms with E-state index in [4.69, 9.17) is 0 Å². The molecule has 4 heteroatoms. The molecular formula is C12H24N4. The maximum Gasteiger partial charge on any atom is 0.138 e. The summed E-state index contributed by atoms with van der Waals surface area (Å²) in [4.78, 5) is 4.32. The molecular weight excluding hydrogens is 200 g/mol. The van der Waals surface area contributed by atoms with Crippen molar-refractivity contribution in [1.29, 1.82) is 0 Å². The number of aromatic nitrogens is 3. The van der Waals surface area contributed by atoms with Crippen LogP contribution in [0.1, 0.15) is 39.4 Å². The first-order chi connectivity index (χ1) is 7.74. The van der Waals surface area contributed by atoms with Crippen LogP contribution in [0.4, 0.5) is 0 Å². The molecule has 0 fully saturated rings. The van der Waals surface area contributed by atoms with Gasteiger partial charge in [-0.2, -0.15) is 5.10 Å². The molecule has 0 aliphatic rings. The van der Waals surface area contributed by atoms with E-state index in [1.165, 1.54) is 12.8 Å². The van der Waals surface area contributed by atoms with Gasteiger partial charge in [0.2, 0.25) is 0 Å². The van der Waals surface area contributed by atoms with Crippen LogP contribution in [0.15, 0.2) is 6.33 Å². The van der Waals surface area contributed by atoms with Gasteiger partial charge < -0.3 is 5.32 Å². The summed E-state index contributed by atoms with van der Waals surface area (Å²) >= 11 is 0. The summed E-state index contributed by atoms with van der Waals surface area (Å²) in [5.41, 5.74) is 0. The first kappa shape index (κ1) is 13.2. The van der Waals surface area contributed by atoms with Crippen LogP contribution in [0.3, 0.4) is 0 Å². The van der Waals surface area contributed by atoms with E-state index < -0.39 is 0 Å². The highest BCUT2D eigenvalue weighted by Gasteiger charge is 2.05. The van der Waals surface area contributed by atoms with Crippen molar-refractivity contribution in [2.24, 2.45) is 5.92 Å². The predicted octanol–water partition coefficient (Wildman–Crippen LogP) is 1.87. The first-order valence-corrected chi connectivity index (χ1v) is 6.31. The molecule has 1 rings (SSSR count). The molecule has 1 N–H and O–H groups in total. The fourth-order valence-electron chi connectivity index (χ4n) is 1.69. The lowest BCUT2D eigenvalue weighted by Crippen LogP contribution is -2.15. The second kappa shape index (κ2) is 7.39. The number of hydrogen-bond acceptors (Lipinski definition) is 3. The van der Waals surface area contributed by atoms with Crippen molar-refractivity contribution in [2.45, 2.75) is 46.6 Å². The smallest absolute Gasteiger partial charge is 0.138 e. The summed E-state index contributed by atoms with van der Waals surface area (Å²) < 4.78 is 2.04. The van der Waals surface area contributed by atoms with Crippen LogP contribution >= 0.6 is 0 Å². The van der Waals surface area contributed by atoms with Crippen molar-refractivity contribution in [2.75, 3.05) is 13.1 Å². The molecule has 0 radical (unpaired) electrons. The average molecular weight is 224 g/mol. The third kappa shape index (κ3) is 4.75. The van der Waals surface area contributed by atoms with Gasteiger partial charge in [0.25, 0.3) is 0 Å². The second-order valence-electron chi connectivity index (χ2n) is 4.56. The van der Waals surface area contributed by atoms with E-state index in [0.717, 1.165) is 31.9 Å². The number of unbranched alkanes of at least 4 members (excludes halogenated alkanes) is 1. The molecule has 1 heterocycles. The molecule has 0 aromatic carbocycles. The molecule has 0 saturated carbocycles. The van der Waals surface area contributed by atoms with Gasteiger partial charge in [0, 0.05) is 13.0 Å². The van der Waals surface area contributed by atoms with Crippen LogP contribution < -0.4 is 5.32 Å². The van der Waals surface area contributed by atoms with Gasteiger partial charge in [0.15, 0.2) is 0 Å². The quantitative estimate of drug-likeness (QED) is 0.685. The number of nitrogens with zero attached hydrogens (tertiary/aromatic N) is 3. The molecule has 0 aliphatic carbocycles. The summed E-state index contributed by atoms with van der Waals surface area (Å²) in [5, 5.41) is 7.59. The first-order valence-electron chi connectivity index (χ1n) is 6.31. The third-order valence-electron chi connectivity index (χ3n) is 2.49. The Bertz CT molecular complexity index is 280. The average Bonchev–Trinajstić information content (AvgIpc) is 2.64. The van der Waals surface area contributed by atoms with Gasteiger partial charge in [-0.3, -0.25) is 0 Å². The number of rotatable bonds is 8. The maximum absolute atomic E-state index is 4.32. The van der Waals surface area contributed by atoms with Gasteiger partial charge in [-0.25, -0.2) is 9.67 Å². The Morgan fingerprint density at radius 3 is 2.88 bits per heavy atom. The lowest BCUT2D eigenvalue weighted by atomic mass is 10.2. The van der Waals surface area contributed by atoms with Crippen molar-refractivity contribution in [3.63, 3.8) is 0 Å². The van der Waals surface area contributed by atoms with Crippen LogP contribution in [0.5, 0.6) is 0 Å². The van der Waals surface area contributed by atoms with Gasteiger partial charge in [-0.05, 0) is 31.8 Å². The Morgan fingerprint density at radius 2 is 2.19 bits per heavy atom. The summed E-state index contributed by atoms with van der Waals surface area (Å²) in [7, 11) is 0. The lowest BCUT2D eigenvalue weighted by Gasteiger charge is -2.08. The monoisotopic (exact) mass is 224 g/mol. The number of aryl methyl sites for hydroxylation is 1. The molecule has 0 spiro atoms. The zero-order valence-corrected chi connectivity index (χ0v) is 10.7. The molecule has 0 unspecified atom stereocenters. The van der Waals surface area contributed by atoms with E-state index >= 15 is 0 Å². The summed E-state index contributed by atoms with van der Waals surface area (Å²) in [6, 6.07) is 0. The predicted molar refractivity (Wildman–Crippen MR) is 66.3 cm³/mol. The van der Waals surface area contributed by atoms with Crippen molar-refractivity contribution < 1.29 is 0 Å². The van der Waals surface area contributed by atoms with Gasteiger partial charge in [0.1, 0.15) is 12.2 Å².